The van der Waals surface area contributed by atoms with Crippen molar-refractivity contribution in [2.45, 2.75) is 51.3 Å². The summed E-state index contributed by atoms with van der Waals surface area (Å²) in [5, 5.41) is 4.94. The summed E-state index contributed by atoms with van der Waals surface area (Å²) in [5.74, 6) is 0. The van der Waals surface area contributed by atoms with Crippen molar-refractivity contribution in [2.24, 2.45) is 0 Å². The van der Waals surface area contributed by atoms with Gasteiger partial charge in [-0.15, -0.1) is 11.3 Å². The molecule has 0 aliphatic carbocycles. The third kappa shape index (κ3) is 6.32. The van der Waals surface area contributed by atoms with Crippen LogP contribution in [0.3, 0.4) is 0 Å². The molecule has 1 rings (SSSR count). The van der Waals surface area contributed by atoms with Crippen molar-refractivity contribution >= 4 is 21.4 Å². The third-order valence-corrected chi connectivity index (χ3v) is 5.00. The van der Waals surface area contributed by atoms with Gasteiger partial charge in [0.15, 0.2) is 0 Å². The highest BCUT2D eigenvalue weighted by atomic mass is 32.2. The first-order valence-electron chi connectivity index (χ1n) is 6.73. The minimum absolute atomic E-state index is 0.106. The fourth-order valence-electron chi connectivity index (χ4n) is 1.45. The molecule has 0 unspecified atom stereocenters. The molecule has 1 aromatic heterocycles. The molecule has 0 radical (unpaired) electrons. The molecule has 1 aromatic rings. The van der Waals surface area contributed by atoms with E-state index >= 15 is 0 Å². The Morgan fingerprint density at radius 1 is 1.30 bits per heavy atom. The van der Waals surface area contributed by atoms with E-state index < -0.39 is 10.0 Å². The van der Waals surface area contributed by atoms with Crippen LogP contribution < -0.4 is 10.0 Å². The summed E-state index contributed by atoms with van der Waals surface area (Å²) in [6.45, 7) is 9.30. The van der Waals surface area contributed by atoms with Crippen LogP contribution in [0, 0.1) is 0 Å². The largest absolute Gasteiger partial charge is 0.377 e. The summed E-state index contributed by atoms with van der Waals surface area (Å²) >= 11 is 1.45. The Morgan fingerprint density at radius 2 is 2.00 bits per heavy atom. The predicted molar refractivity (Wildman–Crippen MR) is 82.6 cm³/mol. The lowest BCUT2D eigenvalue weighted by Gasteiger charge is -2.08. The van der Waals surface area contributed by atoms with Gasteiger partial charge in [-0.25, -0.2) is 13.1 Å². The molecule has 0 fully saturated rings. The molecule has 0 spiro atoms. The molecule has 0 atom stereocenters. The lowest BCUT2D eigenvalue weighted by molar-refractivity contribution is 0.0834. The zero-order valence-electron chi connectivity index (χ0n) is 12.5. The van der Waals surface area contributed by atoms with Crippen molar-refractivity contribution in [3.8, 4) is 0 Å². The van der Waals surface area contributed by atoms with Crippen LogP contribution >= 0.6 is 11.3 Å². The molecule has 20 heavy (non-hydrogen) atoms. The molecular formula is C13H24N2O3S2. The maximum Gasteiger partial charge on any atom is 0.241 e. The van der Waals surface area contributed by atoms with Crippen LogP contribution in [0.1, 0.15) is 32.6 Å². The van der Waals surface area contributed by atoms with Crippen molar-refractivity contribution in [3.05, 3.63) is 16.3 Å². The summed E-state index contributed by atoms with van der Waals surface area (Å²) in [6, 6.07) is 2.09. The Morgan fingerprint density at radius 3 is 2.60 bits per heavy atom. The molecular weight excluding hydrogens is 296 g/mol. The summed E-state index contributed by atoms with van der Waals surface area (Å²) in [4.78, 5) is 1.34. The summed E-state index contributed by atoms with van der Waals surface area (Å²) in [6.07, 6.45) is 0.106. The maximum absolute atomic E-state index is 12.0. The molecule has 116 valence electrons. The molecule has 1 heterocycles. The van der Waals surface area contributed by atoms with Crippen molar-refractivity contribution < 1.29 is 13.2 Å². The minimum Gasteiger partial charge on any atom is -0.377 e. The molecule has 0 aliphatic rings. The van der Waals surface area contributed by atoms with E-state index in [1.807, 2.05) is 13.8 Å². The fraction of sp³-hybridized carbons (Fsp3) is 0.692. The van der Waals surface area contributed by atoms with Crippen LogP contribution in [-0.2, 0) is 21.3 Å². The minimum atomic E-state index is -3.42. The molecule has 0 saturated heterocycles. The predicted octanol–water partition coefficient (Wildman–Crippen LogP) is 1.95. The van der Waals surface area contributed by atoms with E-state index in [0.29, 0.717) is 24.1 Å². The number of nitrogens with one attached hydrogen (secondary N) is 2. The number of ether oxygens (including phenoxy) is 1. The standard InChI is InChI=1S/C13H24N2O3S2/c1-10(2)14-8-12-7-13(9-19-12)20(16,17)15-5-6-18-11(3)4/h7,9-11,14-15H,5-6,8H2,1-4H3. The van der Waals surface area contributed by atoms with Crippen LogP contribution in [0.5, 0.6) is 0 Å². The average Bonchev–Trinajstić information content (AvgIpc) is 2.81. The van der Waals surface area contributed by atoms with Crippen molar-refractivity contribution in [1.29, 1.82) is 0 Å². The summed E-state index contributed by atoms with van der Waals surface area (Å²) < 4.78 is 31.9. The van der Waals surface area contributed by atoms with E-state index in [9.17, 15) is 8.42 Å². The van der Waals surface area contributed by atoms with Gasteiger partial charge in [0.1, 0.15) is 0 Å². The van der Waals surface area contributed by atoms with Gasteiger partial charge in [-0.3, -0.25) is 0 Å². The molecule has 2 N–H and O–H groups in total. The van der Waals surface area contributed by atoms with Crippen LogP contribution in [0.25, 0.3) is 0 Å². The van der Waals surface area contributed by atoms with E-state index in [2.05, 4.69) is 23.9 Å². The van der Waals surface area contributed by atoms with Gasteiger partial charge in [-0.05, 0) is 19.9 Å². The van der Waals surface area contributed by atoms with Crippen molar-refractivity contribution in [1.82, 2.24) is 10.0 Å². The quantitative estimate of drug-likeness (QED) is 0.683. The van der Waals surface area contributed by atoms with E-state index in [-0.39, 0.29) is 12.6 Å². The van der Waals surface area contributed by atoms with E-state index in [1.54, 1.807) is 11.4 Å². The second-order valence-electron chi connectivity index (χ2n) is 5.10. The lowest BCUT2D eigenvalue weighted by atomic mass is 10.4. The first-order valence-corrected chi connectivity index (χ1v) is 9.09. The Hall–Kier alpha value is -0.470. The van der Waals surface area contributed by atoms with Gasteiger partial charge in [0.2, 0.25) is 10.0 Å². The highest BCUT2D eigenvalue weighted by Crippen LogP contribution is 2.19. The van der Waals surface area contributed by atoms with Crippen LogP contribution in [-0.4, -0.2) is 33.7 Å². The molecule has 0 aromatic carbocycles. The van der Waals surface area contributed by atoms with E-state index in [0.717, 1.165) is 4.88 Å². The van der Waals surface area contributed by atoms with Gasteiger partial charge >= 0.3 is 0 Å². The topological polar surface area (TPSA) is 67.4 Å². The van der Waals surface area contributed by atoms with Crippen LogP contribution in [0.4, 0.5) is 0 Å². The molecule has 5 nitrogen and oxygen atoms in total. The second-order valence-corrected chi connectivity index (χ2v) is 7.86. The van der Waals surface area contributed by atoms with Gasteiger partial charge in [-0.2, -0.15) is 0 Å². The highest BCUT2D eigenvalue weighted by molar-refractivity contribution is 7.89. The maximum atomic E-state index is 12.0. The second kappa shape index (κ2) is 8.09. The third-order valence-electron chi connectivity index (χ3n) is 2.47. The van der Waals surface area contributed by atoms with Crippen LogP contribution in [0.2, 0.25) is 0 Å². The average molecular weight is 320 g/mol. The first-order chi connectivity index (χ1) is 9.31. The SMILES string of the molecule is CC(C)NCc1cc(S(=O)(=O)NCCOC(C)C)cs1. The number of thiophene rings is 1. The zero-order valence-corrected chi connectivity index (χ0v) is 14.1. The number of hydrogen-bond acceptors (Lipinski definition) is 5. The van der Waals surface area contributed by atoms with Gasteiger partial charge in [0.25, 0.3) is 0 Å². The number of sulfonamides is 1. The Bertz CT molecular complexity index is 495. The van der Waals surface area contributed by atoms with Crippen LogP contribution in [0.15, 0.2) is 16.3 Å². The van der Waals surface area contributed by atoms with E-state index in [4.69, 9.17) is 4.74 Å². The summed E-state index contributed by atoms with van der Waals surface area (Å²) in [7, 11) is -3.42. The number of hydrogen-bond donors (Lipinski definition) is 2. The zero-order chi connectivity index (χ0) is 15.2. The Balaban J connectivity index is 2.51. The molecule has 7 heteroatoms. The van der Waals surface area contributed by atoms with Gasteiger partial charge in [0.05, 0.1) is 17.6 Å². The van der Waals surface area contributed by atoms with Crippen molar-refractivity contribution in [3.63, 3.8) is 0 Å². The Labute approximate surface area is 125 Å². The van der Waals surface area contributed by atoms with Crippen molar-refractivity contribution in [2.75, 3.05) is 13.2 Å². The van der Waals surface area contributed by atoms with E-state index in [1.165, 1.54) is 11.3 Å². The number of rotatable bonds is 9. The molecule has 0 amide bonds. The first kappa shape index (κ1) is 17.6. The molecule has 0 saturated carbocycles. The molecule has 0 aliphatic heterocycles. The fourth-order valence-corrected chi connectivity index (χ4v) is 3.69. The van der Waals surface area contributed by atoms with Gasteiger partial charge in [-0.1, -0.05) is 13.8 Å². The summed E-state index contributed by atoms with van der Waals surface area (Å²) in [5.41, 5.74) is 0. The van der Waals surface area contributed by atoms with Gasteiger partial charge < -0.3 is 10.1 Å². The molecule has 0 bridgehead atoms. The van der Waals surface area contributed by atoms with Gasteiger partial charge in [0, 0.05) is 29.4 Å². The lowest BCUT2D eigenvalue weighted by Crippen LogP contribution is -2.28. The smallest absolute Gasteiger partial charge is 0.241 e. The Kier molecular flexibility index (Phi) is 7.11. The highest BCUT2D eigenvalue weighted by Gasteiger charge is 2.15. The normalized spacial score (nSPS) is 12.5. The monoisotopic (exact) mass is 320 g/mol.